The predicted molar refractivity (Wildman–Crippen MR) is 278 cm³/mol. The fourth-order valence-electron chi connectivity index (χ4n) is 7.96. The van der Waals surface area contributed by atoms with E-state index in [1.54, 1.807) is 0 Å². The number of nitrogens with one attached hydrogen (secondary N) is 5. The fraction of sp³-hybridized carbons (Fsp3) is 1.00. The summed E-state index contributed by atoms with van der Waals surface area (Å²) in [4.78, 5) is 0. The molecule has 0 aromatic heterocycles. The Balaban J connectivity index is -0.000000194. The van der Waals surface area contributed by atoms with Crippen molar-refractivity contribution in [3.05, 3.63) is 0 Å². The van der Waals surface area contributed by atoms with Crippen LogP contribution in [0, 0.1) is 11.8 Å². The van der Waals surface area contributed by atoms with Crippen molar-refractivity contribution in [2.75, 3.05) is 65.7 Å². The summed E-state index contributed by atoms with van der Waals surface area (Å²) in [6.45, 7) is 28.4. The smallest absolute Gasteiger partial charge is 0.0617 e. The third-order valence-electron chi connectivity index (χ3n) is 12.1. The van der Waals surface area contributed by atoms with Crippen molar-refractivity contribution in [3.63, 3.8) is 0 Å². The van der Waals surface area contributed by atoms with Crippen molar-refractivity contribution in [2.45, 2.75) is 270 Å². The molecule has 2 aliphatic carbocycles. The Kier molecular flexibility index (Phi) is 57.9. The third kappa shape index (κ3) is 49.0. The van der Waals surface area contributed by atoms with Crippen LogP contribution in [0.4, 0.5) is 0 Å². The summed E-state index contributed by atoms with van der Waals surface area (Å²) in [7, 11) is 0. The lowest BCUT2D eigenvalue weighted by molar-refractivity contribution is 0.0283. The molecule has 376 valence electrons. The first-order chi connectivity index (χ1) is 27.2. The second-order valence-electron chi connectivity index (χ2n) is 18.5. The quantitative estimate of drug-likeness (QED) is 0.165. The summed E-state index contributed by atoms with van der Waals surface area (Å²) in [6.07, 6.45) is 32.1. The van der Waals surface area contributed by atoms with Crippen molar-refractivity contribution < 1.29 is 14.2 Å². The zero-order valence-electron chi connectivity index (χ0n) is 39.0. The molecule has 0 radical (unpaired) electrons. The number of hydrogen-bond acceptors (Lipinski definition) is 8. The summed E-state index contributed by atoms with van der Waals surface area (Å²) in [6, 6.07) is 2.81. The van der Waals surface area contributed by atoms with Crippen molar-refractivity contribution in [2.24, 2.45) is 11.8 Å². The van der Waals surface area contributed by atoms with Crippen LogP contribution < -0.4 is 26.6 Å². The number of rotatable bonds is 0. The minimum Gasteiger partial charge on any atom is -0.379 e. The van der Waals surface area contributed by atoms with Crippen molar-refractivity contribution in [3.8, 4) is 0 Å². The lowest BCUT2D eigenvalue weighted by Crippen LogP contribution is -2.46. The van der Waals surface area contributed by atoms with Gasteiger partial charge in [0, 0.05) is 63.6 Å². The number of piperidine rings is 2. The maximum absolute atomic E-state index is 5.28. The summed E-state index contributed by atoms with van der Waals surface area (Å²) in [5.74, 6) is 2.07. The van der Waals surface area contributed by atoms with Gasteiger partial charge in [-0.2, -0.15) is 0 Å². The van der Waals surface area contributed by atoms with E-state index in [2.05, 4.69) is 82.0 Å². The predicted octanol–water partition coefficient (Wildman–Crippen LogP) is 13.4. The average Bonchev–Trinajstić information content (AvgIpc) is 3.22. The normalized spacial score (nSPS) is 28.5. The zero-order chi connectivity index (χ0) is 40.9. The second kappa shape index (κ2) is 50.7. The van der Waals surface area contributed by atoms with Gasteiger partial charge in [-0.05, 0) is 131 Å². The lowest BCUT2D eigenvalue weighted by Gasteiger charge is -2.19. The number of morpholine rings is 1. The fourth-order valence-corrected chi connectivity index (χ4v) is 7.96. The van der Waals surface area contributed by atoms with Gasteiger partial charge in [-0.3, -0.25) is 0 Å². The Bertz CT molecular complexity index is 570. The molecular weight excluding hydrogens is 755 g/mol. The maximum atomic E-state index is 5.28. The van der Waals surface area contributed by atoms with Gasteiger partial charge in [-0.1, -0.05) is 128 Å². The molecular formula is C53H121N5O3. The van der Waals surface area contributed by atoms with Crippen LogP contribution in [0.3, 0.4) is 0 Å². The summed E-state index contributed by atoms with van der Waals surface area (Å²) in [5, 5.41) is 16.6. The monoisotopic (exact) mass is 876 g/mol. The molecule has 8 heteroatoms. The van der Waals surface area contributed by atoms with Crippen LogP contribution in [0.25, 0.3) is 0 Å². The van der Waals surface area contributed by atoms with E-state index in [1.807, 2.05) is 0 Å². The Hall–Kier alpha value is -0.320. The first-order valence-corrected chi connectivity index (χ1v) is 24.6. The summed E-state index contributed by atoms with van der Waals surface area (Å²) in [5.41, 5.74) is 0. The number of piperazine rings is 1. The van der Waals surface area contributed by atoms with E-state index in [0.29, 0.717) is 24.3 Å². The zero-order valence-corrected chi connectivity index (χ0v) is 39.0. The molecule has 0 amide bonds. The number of hydrogen-bond donors (Lipinski definition) is 5. The molecule has 8 aliphatic rings. The van der Waals surface area contributed by atoms with Crippen LogP contribution in [0.1, 0.15) is 234 Å². The second-order valence-corrected chi connectivity index (χ2v) is 18.5. The van der Waals surface area contributed by atoms with Crippen LogP contribution in [0.2, 0.25) is 0 Å². The Morgan fingerprint density at radius 1 is 0.328 bits per heavy atom. The van der Waals surface area contributed by atoms with Crippen LogP contribution >= 0.6 is 0 Å². The van der Waals surface area contributed by atoms with Crippen LogP contribution in [0.15, 0.2) is 0 Å². The molecule has 2 saturated carbocycles. The van der Waals surface area contributed by atoms with Crippen molar-refractivity contribution in [1.29, 1.82) is 0 Å². The molecule has 0 unspecified atom stereocenters. The van der Waals surface area contributed by atoms with Gasteiger partial charge in [0.05, 0.1) is 25.4 Å². The van der Waals surface area contributed by atoms with Gasteiger partial charge in [-0.15, -0.1) is 0 Å². The van der Waals surface area contributed by atoms with Crippen molar-refractivity contribution >= 4 is 0 Å². The summed E-state index contributed by atoms with van der Waals surface area (Å²) < 4.78 is 15.7. The minimum absolute atomic E-state index is 0. The van der Waals surface area contributed by atoms with E-state index in [-0.39, 0.29) is 37.1 Å². The van der Waals surface area contributed by atoms with Gasteiger partial charge in [-0.25, -0.2) is 0 Å². The van der Waals surface area contributed by atoms with E-state index in [1.165, 1.54) is 154 Å². The molecule has 61 heavy (non-hydrogen) atoms. The summed E-state index contributed by atoms with van der Waals surface area (Å²) >= 11 is 0. The average molecular weight is 877 g/mol. The molecule has 8 fully saturated rings. The molecule has 8 nitrogen and oxygen atoms in total. The molecule has 0 bridgehead atoms. The first kappa shape index (κ1) is 69.7. The molecule has 5 N–H and O–H groups in total. The maximum Gasteiger partial charge on any atom is 0.0617 e. The molecule has 6 atom stereocenters. The first-order valence-electron chi connectivity index (χ1n) is 24.6. The topological polar surface area (TPSA) is 87.8 Å². The Labute approximate surface area is 387 Å². The van der Waals surface area contributed by atoms with Crippen LogP contribution in [-0.4, -0.2) is 102 Å². The van der Waals surface area contributed by atoms with Gasteiger partial charge in [0.15, 0.2) is 0 Å². The van der Waals surface area contributed by atoms with Crippen LogP contribution in [-0.2, 0) is 14.2 Å². The van der Waals surface area contributed by atoms with Gasteiger partial charge in [0.1, 0.15) is 0 Å². The highest BCUT2D eigenvalue weighted by molar-refractivity contribution is 4.70. The standard InChI is InChI=1S/2C7H14.2C6H13N.2C6H12O.C5H12N2.C5H11NO.5CH4/c2*1-7-5-3-2-4-6-7;4*1-6-4-2-3-5-7-6;1-5-4-6-2-3-7-5;1-5-4-7-3-2-6-5;;;;;/h2*7H,2-6H2,1H3;2*6-7H,2-5H2,1H3;2*6H,2-5H2,1H3;5-7H,2-4H2,1H3;5-6H,2-4H2,1H3;5*1H4/t;;4*6-;2*5-;;;;;/m..101011...../s1. The van der Waals surface area contributed by atoms with E-state index < -0.39 is 0 Å². The SMILES string of the molecule is C.C.C.C.C.CC1CCCCC1.CC1CCCCC1.C[C@@H]1CCCCN1.C[C@@H]1CCCCO1.C[C@@H]1CNCCN1.C[C@@H]1COCCN1.C[C@H]1CCCCN1.C[C@H]1CCCCO1. The Morgan fingerprint density at radius 3 is 0.885 bits per heavy atom. The van der Waals surface area contributed by atoms with E-state index >= 15 is 0 Å². The molecule has 6 saturated heterocycles. The molecule has 6 heterocycles. The highest BCUT2D eigenvalue weighted by Crippen LogP contribution is 2.23. The largest absolute Gasteiger partial charge is 0.379 e. The van der Waals surface area contributed by atoms with E-state index in [4.69, 9.17) is 14.2 Å². The van der Waals surface area contributed by atoms with Crippen molar-refractivity contribution in [1.82, 2.24) is 26.6 Å². The highest BCUT2D eigenvalue weighted by Gasteiger charge is 2.09. The molecule has 8 rings (SSSR count). The van der Waals surface area contributed by atoms with E-state index in [0.717, 1.165) is 76.5 Å². The van der Waals surface area contributed by atoms with Gasteiger partial charge in [0.25, 0.3) is 0 Å². The molecule has 0 aromatic carbocycles. The molecule has 0 spiro atoms. The van der Waals surface area contributed by atoms with Gasteiger partial charge in [0.2, 0.25) is 0 Å². The minimum atomic E-state index is 0. The van der Waals surface area contributed by atoms with Gasteiger partial charge >= 0.3 is 0 Å². The third-order valence-corrected chi connectivity index (χ3v) is 12.1. The molecule has 0 aromatic rings. The van der Waals surface area contributed by atoms with E-state index in [9.17, 15) is 0 Å². The Morgan fingerprint density at radius 2 is 0.721 bits per heavy atom. The highest BCUT2D eigenvalue weighted by atomic mass is 16.5. The van der Waals surface area contributed by atoms with Crippen LogP contribution in [0.5, 0.6) is 0 Å². The van der Waals surface area contributed by atoms with Gasteiger partial charge < -0.3 is 40.8 Å². The number of ether oxygens (including phenoxy) is 3. The molecule has 6 aliphatic heterocycles. The lowest BCUT2D eigenvalue weighted by atomic mass is 9.91.